The second-order valence-electron chi connectivity index (χ2n) is 4.19. The minimum atomic E-state index is 0.656. The van der Waals surface area contributed by atoms with Crippen LogP contribution in [-0.2, 0) is 9.47 Å². The summed E-state index contributed by atoms with van der Waals surface area (Å²) in [5.41, 5.74) is 0.945. The lowest BCUT2D eigenvalue weighted by molar-refractivity contribution is 0.190. The number of hydrogen-bond donors (Lipinski definition) is 1. The lowest BCUT2D eigenvalue weighted by atomic mass is 10.3. The predicted octanol–water partition coefficient (Wildman–Crippen LogP) is 1.32. The molecule has 0 aliphatic carbocycles. The number of nitrogens with one attached hydrogen (secondary N) is 1. The maximum atomic E-state index is 5.14. The first-order valence-corrected chi connectivity index (χ1v) is 6.53. The summed E-state index contributed by atoms with van der Waals surface area (Å²) >= 11 is 0. The molecule has 1 rings (SSSR count). The first kappa shape index (κ1) is 15.7. The fraction of sp³-hybridized carbons (Fsp3) is 0.692. The third kappa shape index (κ3) is 5.40. The summed E-state index contributed by atoms with van der Waals surface area (Å²) in [6.45, 7) is 7.67. The van der Waals surface area contributed by atoms with Crippen LogP contribution in [0.1, 0.15) is 12.6 Å². The third-order valence-corrected chi connectivity index (χ3v) is 2.63. The Bertz CT molecular complexity index is 366. The largest absolute Gasteiger partial charge is 0.383 e. The van der Waals surface area contributed by atoms with Crippen molar-refractivity contribution >= 4 is 11.8 Å². The van der Waals surface area contributed by atoms with Crippen molar-refractivity contribution in [3.63, 3.8) is 0 Å². The molecule has 1 heterocycles. The van der Waals surface area contributed by atoms with E-state index in [0.717, 1.165) is 31.1 Å². The van der Waals surface area contributed by atoms with Gasteiger partial charge in [0.15, 0.2) is 0 Å². The van der Waals surface area contributed by atoms with Crippen LogP contribution in [0, 0.1) is 6.92 Å². The van der Waals surface area contributed by atoms with Gasteiger partial charge >= 0.3 is 0 Å². The summed E-state index contributed by atoms with van der Waals surface area (Å²) in [4.78, 5) is 11.0. The van der Waals surface area contributed by atoms with Gasteiger partial charge in [-0.25, -0.2) is 4.98 Å². The maximum absolute atomic E-state index is 5.14. The van der Waals surface area contributed by atoms with Crippen LogP contribution in [0.4, 0.5) is 11.8 Å². The van der Waals surface area contributed by atoms with Gasteiger partial charge in [0.2, 0.25) is 5.95 Å². The van der Waals surface area contributed by atoms with Gasteiger partial charge in [0.1, 0.15) is 5.82 Å². The minimum Gasteiger partial charge on any atom is -0.383 e. The van der Waals surface area contributed by atoms with Gasteiger partial charge in [-0.2, -0.15) is 4.98 Å². The zero-order valence-electron chi connectivity index (χ0n) is 12.3. The summed E-state index contributed by atoms with van der Waals surface area (Å²) in [5.74, 6) is 1.56. The molecular weight excluding hydrogens is 244 g/mol. The Morgan fingerprint density at radius 2 is 1.79 bits per heavy atom. The minimum absolute atomic E-state index is 0.656. The molecule has 0 fully saturated rings. The van der Waals surface area contributed by atoms with E-state index in [2.05, 4.69) is 20.2 Å². The molecule has 0 bridgehead atoms. The third-order valence-electron chi connectivity index (χ3n) is 2.63. The van der Waals surface area contributed by atoms with E-state index in [0.29, 0.717) is 19.2 Å². The molecule has 0 spiro atoms. The van der Waals surface area contributed by atoms with E-state index in [1.165, 1.54) is 0 Å². The summed E-state index contributed by atoms with van der Waals surface area (Å²) in [6.07, 6.45) is 0. The zero-order chi connectivity index (χ0) is 14.1. The van der Waals surface area contributed by atoms with Crippen LogP contribution in [0.15, 0.2) is 6.07 Å². The van der Waals surface area contributed by atoms with Crippen LogP contribution in [-0.4, -0.2) is 57.0 Å². The predicted molar refractivity (Wildman–Crippen MR) is 76.9 cm³/mol. The second kappa shape index (κ2) is 8.66. The van der Waals surface area contributed by atoms with Gasteiger partial charge < -0.3 is 19.7 Å². The number of rotatable bonds is 9. The number of anilines is 2. The zero-order valence-corrected chi connectivity index (χ0v) is 12.3. The molecule has 0 aliphatic rings. The van der Waals surface area contributed by atoms with E-state index < -0.39 is 0 Å². The van der Waals surface area contributed by atoms with E-state index in [9.17, 15) is 0 Å². The number of aromatic nitrogens is 2. The molecule has 0 atom stereocenters. The molecule has 0 amide bonds. The number of ether oxygens (including phenoxy) is 2. The maximum Gasteiger partial charge on any atom is 0.224 e. The Kier molecular flexibility index (Phi) is 7.14. The van der Waals surface area contributed by atoms with Crippen molar-refractivity contribution < 1.29 is 9.47 Å². The fourth-order valence-electron chi connectivity index (χ4n) is 1.69. The molecule has 0 aromatic carbocycles. The highest BCUT2D eigenvalue weighted by Crippen LogP contribution is 2.14. The normalized spacial score (nSPS) is 10.5. The molecule has 1 N–H and O–H groups in total. The van der Waals surface area contributed by atoms with E-state index in [4.69, 9.17) is 9.47 Å². The van der Waals surface area contributed by atoms with Crippen molar-refractivity contribution in [1.29, 1.82) is 0 Å². The lowest BCUT2D eigenvalue weighted by Gasteiger charge is -2.23. The van der Waals surface area contributed by atoms with Gasteiger partial charge in [0.25, 0.3) is 0 Å². The quantitative estimate of drug-likeness (QED) is 0.729. The van der Waals surface area contributed by atoms with Crippen molar-refractivity contribution in [2.24, 2.45) is 0 Å². The molecule has 6 nitrogen and oxygen atoms in total. The molecule has 108 valence electrons. The van der Waals surface area contributed by atoms with Crippen LogP contribution in [0.25, 0.3) is 0 Å². The van der Waals surface area contributed by atoms with Gasteiger partial charge in [-0.1, -0.05) is 0 Å². The smallest absolute Gasteiger partial charge is 0.224 e. The highest BCUT2D eigenvalue weighted by atomic mass is 16.5. The van der Waals surface area contributed by atoms with E-state index >= 15 is 0 Å². The Morgan fingerprint density at radius 1 is 1.16 bits per heavy atom. The van der Waals surface area contributed by atoms with Crippen molar-refractivity contribution in [3.05, 3.63) is 11.8 Å². The average Bonchev–Trinajstić information content (AvgIpc) is 2.38. The summed E-state index contributed by atoms with van der Waals surface area (Å²) in [7, 11) is 3.40. The van der Waals surface area contributed by atoms with E-state index in [-0.39, 0.29) is 0 Å². The van der Waals surface area contributed by atoms with Crippen LogP contribution >= 0.6 is 0 Å². The van der Waals surface area contributed by atoms with Crippen LogP contribution < -0.4 is 10.2 Å². The molecule has 0 saturated carbocycles. The molecule has 1 aromatic heterocycles. The number of methoxy groups -OCH3 is 2. The molecule has 1 aromatic rings. The van der Waals surface area contributed by atoms with Crippen LogP contribution in [0.3, 0.4) is 0 Å². The Balaban J connectivity index is 2.85. The first-order valence-electron chi connectivity index (χ1n) is 6.53. The van der Waals surface area contributed by atoms with E-state index in [1.54, 1.807) is 14.2 Å². The van der Waals surface area contributed by atoms with Crippen molar-refractivity contribution in [2.45, 2.75) is 13.8 Å². The summed E-state index contributed by atoms with van der Waals surface area (Å²) < 4.78 is 10.3. The summed E-state index contributed by atoms with van der Waals surface area (Å²) in [6, 6.07) is 1.98. The van der Waals surface area contributed by atoms with Gasteiger partial charge in [-0.15, -0.1) is 0 Å². The number of hydrogen-bond acceptors (Lipinski definition) is 6. The lowest BCUT2D eigenvalue weighted by Crippen LogP contribution is -2.31. The number of aryl methyl sites for hydroxylation is 1. The topological polar surface area (TPSA) is 59.5 Å². The molecule has 19 heavy (non-hydrogen) atoms. The fourth-order valence-corrected chi connectivity index (χ4v) is 1.69. The highest BCUT2D eigenvalue weighted by Gasteiger charge is 2.10. The molecule has 0 unspecified atom stereocenters. The molecule has 0 aliphatic heterocycles. The monoisotopic (exact) mass is 268 g/mol. The van der Waals surface area contributed by atoms with Crippen molar-refractivity contribution in [1.82, 2.24) is 9.97 Å². The van der Waals surface area contributed by atoms with Crippen molar-refractivity contribution in [2.75, 3.05) is 57.3 Å². The SMILES string of the molecule is CCNc1nc(C)cc(N(CCOC)CCOC)n1. The number of nitrogens with zero attached hydrogens (tertiary/aromatic N) is 3. The van der Waals surface area contributed by atoms with Gasteiger partial charge in [-0.05, 0) is 13.8 Å². The average molecular weight is 268 g/mol. The second-order valence-corrected chi connectivity index (χ2v) is 4.19. The standard InChI is InChI=1S/C13H24N4O2/c1-5-14-13-15-11(2)10-12(16-13)17(6-8-18-3)7-9-19-4/h10H,5-9H2,1-4H3,(H,14,15,16). The molecule has 0 saturated heterocycles. The van der Waals surface area contributed by atoms with Gasteiger partial charge in [-0.3, -0.25) is 0 Å². The molecule has 0 radical (unpaired) electrons. The Morgan fingerprint density at radius 3 is 2.32 bits per heavy atom. The highest BCUT2D eigenvalue weighted by molar-refractivity contribution is 5.44. The molecule has 6 heteroatoms. The van der Waals surface area contributed by atoms with E-state index in [1.807, 2.05) is 19.9 Å². The first-order chi connectivity index (χ1) is 9.21. The van der Waals surface area contributed by atoms with Crippen LogP contribution in [0.5, 0.6) is 0 Å². The van der Waals surface area contributed by atoms with Gasteiger partial charge in [0.05, 0.1) is 13.2 Å². The van der Waals surface area contributed by atoms with Gasteiger partial charge in [0, 0.05) is 45.6 Å². The Hall–Kier alpha value is -1.40. The Labute approximate surface area is 115 Å². The molecular formula is C13H24N4O2. The van der Waals surface area contributed by atoms with Crippen LogP contribution in [0.2, 0.25) is 0 Å². The summed E-state index contributed by atoms with van der Waals surface area (Å²) in [5, 5.41) is 3.14. The van der Waals surface area contributed by atoms with Crippen molar-refractivity contribution in [3.8, 4) is 0 Å².